The Kier molecular flexibility index (Phi) is 4.44. The first-order valence-electron chi connectivity index (χ1n) is 5.57. The molecule has 0 saturated heterocycles. The molecule has 0 amide bonds. The van der Waals surface area contributed by atoms with Gasteiger partial charge >= 0.3 is 0 Å². The van der Waals surface area contributed by atoms with E-state index in [2.05, 4.69) is 17.9 Å². The lowest BCUT2D eigenvalue weighted by atomic mass is 9.80. The molecule has 0 atom stereocenters. The summed E-state index contributed by atoms with van der Waals surface area (Å²) in [5.74, 6) is 2.65. The van der Waals surface area contributed by atoms with Crippen molar-refractivity contribution in [2.75, 3.05) is 20.1 Å². The first-order valence-corrected chi connectivity index (χ1v) is 5.57. The predicted octanol–water partition coefficient (Wildman–Crippen LogP) is 1.60. The Labute approximate surface area is 87.8 Å². The Hall–Kier alpha value is -0.520. The van der Waals surface area contributed by atoms with Crippen LogP contribution in [-0.4, -0.2) is 30.6 Å². The Morgan fingerprint density at radius 1 is 1.36 bits per heavy atom. The molecule has 2 N–H and O–H groups in total. The zero-order valence-electron chi connectivity index (χ0n) is 9.26. The second-order valence-electron chi connectivity index (χ2n) is 4.61. The molecule has 0 aromatic heterocycles. The summed E-state index contributed by atoms with van der Waals surface area (Å²) in [5.41, 5.74) is 6.42. The van der Waals surface area contributed by atoms with E-state index in [0.717, 1.165) is 19.5 Å². The van der Waals surface area contributed by atoms with E-state index in [0.29, 0.717) is 0 Å². The lowest BCUT2D eigenvalue weighted by Gasteiger charge is -2.34. The normalized spacial score (nSPS) is 20.7. The zero-order chi connectivity index (χ0) is 10.4. The van der Waals surface area contributed by atoms with Crippen LogP contribution in [0.15, 0.2) is 0 Å². The van der Waals surface area contributed by atoms with Crippen LogP contribution in [0.3, 0.4) is 0 Å². The highest BCUT2D eigenvalue weighted by molar-refractivity contribution is 4.90. The molecule has 0 heterocycles. The lowest BCUT2D eigenvalue weighted by molar-refractivity contribution is 0.239. The van der Waals surface area contributed by atoms with E-state index in [9.17, 15) is 0 Å². The molecular weight excluding hydrogens is 172 g/mol. The fraction of sp³-hybridized carbons (Fsp3) is 0.833. The zero-order valence-corrected chi connectivity index (χ0v) is 9.26. The van der Waals surface area contributed by atoms with Crippen molar-refractivity contribution in [3.8, 4) is 12.3 Å². The van der Waals surface area contributed by atoms with Crippen LogP contribution < -0.4 is 5.73 Å². The Morgan fingerprint density at radius 2 is 2.00 bits per heavy atom. The van der Waals surface area contributed by atoms with Gasteiger partial charge in [-0.25, -0.2) is 0 Å². The van der Waals surface area contributed by atoms with Crippen molar-refractivity contribution in [1.82, 2.24) is 4.90 Å². The molecule has 0 bridgehead atoms. The maximum Gasteiger partial charge on any atom is 0.0596 e. The van der Waals surface area contributed by atoms with Gasteiger partial charge in [-0.3, -0.25) is 4.90 Å². The van der Waals surface area contributed by atoms with Crippen LogP contribution in [-0.2, 0) is 0 Å². The van der Waals surface area contributed by atoms with E-state index in [1.807, 2.05) is 0 Å². The molecule has 0 aromatic carbocycles. The summed E-state index contributed by atoms with van der Waals surface area (Å²) >= 11 is 0. The summed E-state index contributed by atoms with van der Waals surface area (Å²) in [6.45, 7) is 1.76. The fourth-order valence-corrected chi connectivity index (χ4v) is 2.15. The average Bonchev–Trinajstić information content (AvgIpc) is 2.17. The average molecular weight is 194 g/mol. The molecule has 1 saturated carbocycles. The molecule has 0 spiro atoms. The van der Waals surface area contributed by atoms with Gasteiger partial charge in [-0.05, 0) is 26.3 Å². The van der Waals surface area contributed by atoms with E-state index in [-0.39, 0.29) is 5.54 Å². The quantitative estimate of drug-likeness (QED) is 0.689. The number of nitrogens with two attached hydrogens (primary N) is 1. The third kappa shape index (κ3) is 3.69. The molecular formula is C12H22N2. The monoisotopic (exact) mass is 194 g/mol. The summed E-state index contributed by atoms with van der Waals surface area (Å²) in [7, 11) is 2.06. The van der Waals surface area contributed by atoms with Gasteiger partial charge in [0.25, 0.3) is 0 Å². The minimum Gasteiger partial charge on any atom is -0.325 e. The van der Waals surface area contributed by atoms with Gasteiger partial charge in [0.1, 0.15) is 0 Å². The van der Waals surface area contributed by atoms with Gasteiger partial charge < -0.3 is 5.73 Å². The van der Waals surface area contributed by atoms with Crippen LogP contribution in [0.1, 0.15) is 38.5 Å². The molecule has 0 aromatic rings. The molecule has 0 unspecified atom stereocenters. The van der Waals surface area contributed by atoms with Crippen LogP contribution in [0.5, 0.6) is 0 Å². The lowest BCUT2D eigenvalue weighted by Crippen LogP contribution is -2.44. The van der Waals surface area contributed by atoms with Crippen molar-refractivity contribution in [3.05, 3.63) is 0 Å². The topological polar surface area (TPSA) is 29.3 Å². The summed E-state index contributed by atoms with van der Waals surface area (Å²) < 4.78 is 0. The van der Waals surface area contributed by atoms with Gasteiger partial charge in [0.05, 0.1) is 6.54 Å². The van der Waals surface area contributed by atoms with Crippen molar-refractivity contribution < 1.29 is 0 Å². The minimum absolute atomic E-state index is 0.0983. The van der Waals surface area contributed by atoms with Crippen LogP contribution in [0.4, 0.5) is 0 Å². The fourth-order valence-electron chi connectivity index (χ4n) is 2.15. The highest BCUT2D eigenvalue weighted by atomic mass is 15.1. The summed E-state index contributed by atoms with van der Waals surface area (Å²) in [5, 5.41) is 0. The number of hydrogen-bond donors (Lipinski definition) is 1. The van der Waals surface area contributed by atoms with Crippen molar-refractivity contribution in [2.24, 2.45) is 5.73 Å². The van der Waals surface area contributed by atoms with E-state index in [4.69, 9.17) is 12.2 Å². The molecule has 80 valence electrons. The van der Waals surface area contributed by atoms with E-state index in [1.54, 1.807) is 0 Å². The van der Waals surface area contributed by atoms with E-state index < -0.39 is 0 Å². The summed E-state index contributed by atoms with van der Waals surface area (Å²) in [6, 6.07) is 0. The van der Waals surface area contributed by atoms with Gasteiger partial charge in [-0.2, -0.15) is 0 Å². The van der Waals surface area contributed by atoms with Gasteiger partial charge in [-0.15, -0.1) is 6.42 Å². The maximum atomic E-state index is 6.33. The molecule has 1 fully saturated rings. The SMILES string of the molecule is C#CCN(C)CCC1(N)CCCCC1. The van der Waals surface area contributed by atoms with Gasteiger partial charge in [0.2, 0.25) is 0 Å². The van der Waals surface area contributed by atoms with E-state index >= 15 is 0 Å². The maximum absolute atomic E-state index is 6.33. The smallest absolute Gasteiger partial charge is 0.0596 e. The summed E-state index contributed by atoms with van der Waals surface area (Å²) in [6.07, 6.45) is 12.7. The van der Waals surface area contributed by atoms with E-state index in [1.165, 1.54) is 32.1 Å². The van der Waals surface area contributed by atoms with Crippen molar-refractivity contribution in [1.29, 1.82) is 0 Å². The molecule has 0 aliphatic heterocycles. The van der Waals surface area contributed by atoms with Crippen molar-refractivity contribution in [3.63, 3.8) is 0 Å². The van der Waals surface area contributed by atoms with Crippen LogP contribution >= 0.6 is 0 Å². The number of nitrogens with zero attached hydrogens (tertiary/aromatic N) is 1. The largest absolute Gasteiger partial charge is 0.325 e. The van der Waals surface area contributed by atoms with Gasteiger partial charge in [0.15, 0.2) is 0 Å². The number of rotatable bonds is 4. The summed E-state index contributed by atoms with van der Waals surface area (Å²) in [4.78, 5) is 2.17. The number of terminal acetylenes is 1. The van der Waals surface area contributed by atoms with Crippen LogP contribution in [0, 0.1) is 12.3 Å². The Balaban J connectivity index is 2.25. The minimum atomic E-state index is 0.0983. The predicted molar refractivity (Wildman–Crippen MR) is 61.0 cm³/mol. The van der Waals surface area contributed by atoms with Crippen molar-refractivity contribution >= 4 is 0 Å². The number of hydrogen-bond acceptors (Lipinski definition) is 2. The second-order valence-corrected chi connectivity index (χ2v) is 4.61. The molecule has 1 aliphatic carbocycles. The van der Waals surface area contributed by atoms with Gasteiger partial charge in [-0.1, -0.05) is 25.2 Å². The third-order valence-electron chi connectivity index (χ3n) is 3.20. The van der Waals surface area contributed by atoms with Crippen LogP contribution in [0.25, 0.3) is 0 Å². The Morgan fingerprint density at radius 3 is 2.57 bits per heavy atom. The second kappa shape index (κ2) is 5.38. The highest BCUT2D eigenvalue weighted by Gasteiger charge is 2.26. The molecule has 0 radical (unpaired) electrons. The van der Waals surface area contributed by atoms with Crippen LogP contribution in [0.2, 0.25) is 0 Å². The first-order chi connectivity index (χ1) is 6.66. The molecule has 1 rings (SSSR count). The molecule has 2 nitrogen and oxygen atoms in total. The Bertz CT molecular complexity index is 199. The molecule has 2 heteroatoms. The third-order valence-corrected chi connectivity index (χ3v) is 3.20. The van der Waals surface area contributed by atoms with Gasteiger partial charge in [0, 0.05) is 12.1 Å². The highest BCUT2D eigenvalue weighted by Crippen LogP contribution is 2.28. The molecule has 1 aliphatic rings. The van der Waals surface area contributed by atoms with Crippen molar-refractivity contribution in [2.45, 2.75) is 44.1 Å². The standard InChI is InChI=1S/C12H22N2/c1-3-10-14(2)11-9-12(13)7-5-4-6-8-12/h1H,4-11,13H2,2H3. The first kappa shape index (κ1) is 11.6. The molecule has 14 heavy (non-hydrogen) atoms.